The second-order valence-corrected chi connectivity index (χ2v) is 7.37. The largest absolute Gasteiger partial charge is 0.465 e. The van der Waals surface area contributed by atoms with Gasteiger partial charge in [-0.1, -0.05) is 65.2 Å². The molecule has 4 nitrogen and oxygen atoms in total. The van der Waals surface area contributed by atoms with E-state index in [1.807, 2.05) is 0 Å². The molecule has 2 atom stereocenters. The zero-order chi connectivity index (χ0) is 18.3. The molecule has 25 heavy (non-hydrogen) atoms. The van der Waals surface area contributed by atoms with E-state index in [9.17, 15) is 9.59 Å². The third-order valence-corrected chi connectivity index (χ3v) is 5.08. The van der Waals surface area contributed by atoms with E-state index in [1.54, 1.807) is 0 Å². The standard InChI is InChI=1S/C21H38O4/c1-3-5-7-8-9-11-16-25-21(23)19-14-12-13-18(17-19)20(22)24-15-10-6-4-2/h18-19H,3-17H2,1-2H3. The van der Waals surface area contributed by atoms with Crippen LogP contribution in [0.5, 0.6) is 0 Å². The van der Waals surface area contributed by atoms with Gasteiger partial charge in [0.2, 0.25) is 0 Å². The highest BCUT2D eigenvalue weighted by Gasteiger charge is 2.32. The number of carbonyl (C=O) groups is 2. The van der Waals surface area contributed by atoms with Gasteiger partial charge in [0, 0.05) is 0 Å². The molecule has 0 spiro atoms. The molecule has 0 aromatic heterocycles. The second kappa shape index (κ2) is 14.1. The van der Waals surface area contributed by atoms with Crippen LogP contribution in [0.2, 0.25) is 0 Å². The summed E-state index contributed by atoms with van der Waals surface area (Å²) in [7, 11) is 0. The minimum atomic E-state index is -0.123. The Morgan fingerprint density at radius 1 is 0.720 bits per heavy atom. The SMILES string of the molecule is CCCCCCCCOC(=O)C1CCCC(C(=O)OCCCCC)C1. The minimum absolute atomic E-state index is 0.114. The molecule has 1 saturated carbocycles. The zero-order valence-electron chi connectivity index (χ0n) is 16.4. The molecule has 1 rings (SSSR count). The van der Waals surface area contributed by atoms with Gasteiger partial charge in [-0.05, 0) is 32.1 Å². The first kappa shape index (κ1) is 22.0. The van der Waals surface area contributed by atoms with Crippen LogP contribution in [0.15, 0.2) is 0 Å². The third-order valence-electron chi connectivity index (χ3n) is 5.08. The predicted octanol–water partition coefficient (Wildman–Crippen LogP) is 5.43. The van der Waals surface area contributed by atoms with Gasteiger partial charge in [0.15, 0.2) is 0 Å². The van der Waals surface area contributed by atoms with Gasteiger partial charge in [-0.25, -0.2) is 0 Å². The van der Waals surface area contributed by atoms with E-state index >= 15 is 0 Å². The molecule has 2 unspecified atom stereocenters. The smallest absolute Gasteiger partial charge is 0.308 e. The summed E-state index contributed by atoms with van der Waals surface area (Å²) in [6, 6.07) is 0. The van der Waals surface area contributed by atoms with E-state index in [2.05, 4.69) is 13.8 Å². The summed E-state index contributed by atoms with van der Waals surface area (Å²) in [5.41, 5.74) is 0. The Labute approximate surface area is 154 Å². The number of hydrogen-bond donors (Lipinski definition) is 0. The van der Waals surface area contributed by atoms with Gasteiger partial charge in [0.25, 0.3) is 0 Å². The van der Waals surface area contributed by atoms with Crippen molar-refractivity contribution in [1.29, 1.82) is 0 Å². The van der Waals surface area contributed by atoms with Gasteiger partial charge in [-0.3, -0.25) is 9.59 Å². The van der Waals surface area contributed by atoms with Crippen LogP contribution in [0, 0.1) is 11.8 Å². The lowest BCUT2D eigenvalue weighted by atomic mass is 9.81. The Balaban J connectivity index is 2.18. The minimum Gasteiger partial charge on any atom is -0.465 e. The summed E-state index contributed by atoms with van der Waals surface area (Å²) in [4.78, 5) is 24.4. The first-order valence-corrected chi connectivity index (χ1v) is 10.5. The Morgan fingerprint density at radius 3 is 1.72 bits per heavy atom. The fourth-order valence-corrected chi connectivity index (χ4v) is 3.43. The van der Waals surface area contributed by atoms with Crippen molar-refractivity contribution in [3.05, 3.63) is 0 Å². The first-order valence-electron chi connectivity index (χ1n) is 10.5. The van der Waals surface area contributed by atoms with E-state index < -0.39 is 0 Å². The van der Waals surface area contributed by atoms with Crippen molar-refractivity contribution in [2.24, 2.45) is 11.8 Å². The lowest BCUT2D eigenvalue weighted by Crippen LogP contribution is -2.30. The Morgan fingerprint density at radius 2 is 1.16 bits per heavy atom. The topological polar surface area (TPSA) is 52.6 Å². The van der Waals surface area contributed by atoms with Gasteiger partial charge in [-0.2, -0.15) is 0 Å². The maximum atomic E-state index is 12.2. The Hall–Kier alpha value is -1.06. The second-order valence-electron chi connectivity index (χ2n) is 7.37. The zero-order valence-corrected chi connectivity index (χ0v) is 16.4. The molecule has 0 radical (unpaired) electrons. The molecule has 0 aliphatic heterocycles. The van der Waals surface area contributed by atoms with Crippen LogP contribution in [0.4, 0.5) is 0 Å². The summed E-state index contributed by atoms with van der Waals surface area (Å²) in [5.74, 6) is -0.481. The van der Waals surface area contributed by atoms with Gasteiger partial charge >= 0.3 is 11.9 Å². The van der Waals surface area contributed by atoms with Crippen LogP contribution in [0.1, 0.15) is 97.3 Å². The molecule has 0 saturated heterocycles. The van der Waals surface area contributed by atoms with Crippen molar-refractivity contribution < 1.29 is 19.1 Å². The number of carbonyl (C=O) groups excluding carboxylic acids is 2. The molecule has 1 aliphatic rings. The van der Waals surface area contributed by atoms with E-state index in [1.165, 1.54) is 25.7 Å². The molecule has 1 fully saturated rings. The van der Waals surface area contributed by atoms with Gasteiger partial charge in [-0.15, -0.1) is 0 Å². The molecule has 0 N–H and O–H groups in total. The third kappa shape index (κ3) is 9.86. The quantitative estimate of drug-likeness (QED) is 0.327. The maximum Gasteiger partial charge on any atom is 0.308 e. The van der Waals surface area contributed by atoms with Crippen molar-refractivity contribution in [1.82, 2.24) is 0 Å². The van der Waals surface area contributed by atoms with Crippen molar-refractivity contribution in [3.8, 4) is 0 Å². The van der Waals surface area contributed by atoms with E-state index in [4.69, 9.17) is 9.47 Å². The van der Waals surface area contributed by atoms with Gasteiger partial charge in [0.05, 0.1) is 25.0 Å². The molecule has 4 heteroatoms. The van der Waals surface area contributed by atoms with Crippen LogP contribution >= 0.6 is 0 Å². The highest BCUT2D eigenvalue weighted by atomic mass is 16.5. The summed E-state index contributed by atoms with van der Waals surface area (Å²) in [6.07, 6.45) is 13.4. The van der Waals surface area contributed by atoms with Crippen LogP contribution in [0.25, 0.3) is 0 Å². The Kier molecular flexibility index (Phi) is 12.4. The number of ether oxygens (including phenoxy) is 2. The first-order chi connectivity index (χ1) is 12.2. The molecule has 0 amide bonds. The van der Waals surface area contributed by atoms with E-state index in [0.717, 1.165) is 51.4 Å². The van der Waals surface area contributed by atoms with Crippen molar-refractivity contribution in [3.63, 3.8) is 0 Å². The average Bonchev–Trinajstić information content (AvgIpc) is 2.64. The summed E-state index contributed by atoms with van der Waals surface area (Å²) in [6.45, 7) is 5.37. The average molecular weight is 355 g/mol. The normalized spacial score (nSPS) is 20.2. The van der Waals surface area contributed by atoms with Crippen LogP contribution in [-0.4, -0.2) is 25.2 Å². The van der Waals surface area contributed by atoms with Crippen molar-refractivity contribution in [2.75, 3.05) is 13.2 Å². The predicted molar refractivity (Wildman–Crippen MR) is 100 cm³/mol. The number of unbranched alkanes of at least 4 members (excludes halogenated alkanes) is 7. The molecule has 0 heterocycles. The summed E-state index contributed by atoms with van der Waals surface area (Å²) in [5, 5.41) is 0. The lowest BCUT2D eigenvalue weighted by Gasteiger charge is -2.26. The van der Waals surface area contributed by atoms with Gasteiger partial charge in [0.1, 0.15) is 0 Å². The molecular weight excluding hydrogens is 316 g/mol. The summed E-state index contributed by atoms with van der Waals surface area (Å²) >= 11 is 0. The fraction of sp³-hybridized carbons (Fsp3) is 0.905. The molecular formula is C21H38O4. The number of rotatable bonds is 13. The monoisotopic (exact) mass is 354 g/mol. The van der Waals surface area contributed by atoms with E-state index in [0.29, 0.717) is 19.6 Å². The lowest BCUT2D eigenvalue weighted by molar-refractivity contribution is -0.155. The molecule has 1 aliphatic carbocycles. The molecule has 0 aromatic carbocycles. The molecule has 0 bridgehead atoms. The summed E-state index contributed by atoms with van der Waals surface area (Å²) < 4.78 is 10.8. The highest BCUT2D eigenvalue weighted by Crippen LogP contribution is 2.31. The molecule has 146 valence electrons. The van der Waals surface area contributed by atoms with Crippen LogP contribution in [-0.2, 0) is 19.1 Å². The fourth-order valence-electron chi connectivity index (χ4n) is 3.43. The van der Waals surface area contributed by atoms with Crippen LogP contribution < -0.4 is 0 Å². The Bertz CT molecular complexity index is 367. The maximum absolute atomic E-state index is 12.2. The van der Waals surface area contributed by atoms with Crippen LogP contribution in [0.3, 0.4) is 0 Å². The number of hydrogen-bond acceptors (Lipinski definition) is 4. The van der Waals surface area contributed by atoms with Crippen molar-refractivity contribution >= 4 is 11.9 Å². The van der Waals surface area contributed by atoms with Gasteiger partial charge < -0.3 is 9.47 Å². The highest BCUT2D eigenvalue weighted by molar-refractivity contribution is 5.76. The molecule has 0 aromatic rings. The number of esters is 2. The van der Waals surface area contributed by atoms with E-state index in [-0.39, 0.29) is 23.8 Å². The van der Waals surface area contributed by atoms with Crippen molar-refractivity contribution in [2.45, 2.75) is 97.3 Å².